The topological polar surface area (TPSA) is 34.4 Å². The monoisotopic (exact) mass is 349 g/mol. The van der Waals surface area contributed by atoms with Crippen LogP contribution in [0.3, 0.4) is 0 Å². The highest BCUT2D eigenvalue weighted by molar-refractivity contribution is 9.10. The molecule has 3 nitrogen and oxygen atoms in total. The minimum absolute atomic E-state index is 0.256. The van der Waals surface area contributed by atoms with Crippen molar-refractivity contribution in [2.75, 3.05) is 13.2 Å². The molecule has 1 aliphatic heterocycles. The third-order valence-corrected chi connectivity index (χ3v) is 4.29. The fourth-order valence-electron chi connectivity index (χ4n) is 2.82. The molecule has 0 fully saturated rings. The molecular weight excluding hydrogens is 330 g/mol. The lowest BCUT2D eigenvalue weighted by Gasteiger charge is -2.19. The van der Waals surface area contributed by atoms with E-state index in [4.69, 9.17) is 9.15 Å². The van der Waals surface area contributed by atoms with E-state index in [1.54, 1.807) is 6.26 Å². The number of fused-ring (bicyclic) bond motifs is 1. The molecule has 112 valence electrons. The Bertz CT molecular complexity index is 595. The van der Waals surface area contributed by atoms with Crippen LogP contribution < -0.4 is 10.1 Å². The van der Waals surface area contributed by atoms with Crippen molar-refractivity contribution in [3.8, 4) is 5.75 Å². The number of benzene rings is 1. The predicted molar refractivity (Wildman–Crippen MR) is 86.8 cm³/mol. The number of hydrogen-bond acceptors (Lipinski definition) is 3. The largest absolute Gasteiger partial charge is 0.493 e. The quantitative estimate of drug-likeness (QED) is 0.845. The van der Waals surface area contributed by atoms with Gasteiger partial charge in [-0.15, -0.1) is 0 Å². The van der Waals surface area contributed by atoms with Crippen LogP contribution in [0.25, 0.3) is 0 Å². The predicted octanol–water partition coefficient (Wildman–Crippen LogP) is 4.26. The molecular formula is C17H20BrNO2. The summed E-state index contributed by atoms with van der Waals surface area (Å²) in [6.07, 6.45) is 6.58. The molecule has 1 aromatic carbocycles. The summed E-state index contributed by atoms with van der Waals surface area (Å²) in [6.45, 7) is 3.96. The van der Waals surface area contributed by atoms with E-state index < -0.39 is 0 Å². The van der Waals surface area contributed by atoms with E-state index in [2.05, 4.69) is 40.3 Å². The molecule has 0 spiro atoms. The van der Waals surface area contributed by atoms with Crippen LogP contribution in [0.1, 0.15) is 36.1 Å². The first-order valence-corrected chi connectivity index (χ1v) is 8.26. The van der Waals surface area contributed by atoms with Crippen molar-refractivity contribution in [2.45, 2.75) is 32.2 Å². The molecule has 0 bridgehead atoms. The fourth-order valence-corrected chi connectivity index (χ4v) is 3.37. The fraction of sp³-hybridized carbons (Fsp3) is 0.412. The van der Waals surface area contributed by atoms with Crippen molar-refractivity contribution in [1.82, 2.24) is 5.32 Å². The van der Waals surface area contributed by atoms with Gasteiger partial charge in [0, 0.05) is 22.5 Å². The van der Waals surface area contributed by atoms with E-state index in [0.717, 1.165) is 42.6 Å². The van der Waals surface area contributed by atoms with Crippen molar-refractivity contribution in [3.63, 3.8) is 0 Å². The van der Waals surface area contributed by atoms with E-state index in [1.807, 2.05) is 12.3 Å². The third-order valence-electron chi connectivity index (χ3n) is 3.84. The first kappa shape index (κ1) is 14.7. The molecule has 2 heterocycles. The zero-order valence-corrected chi connectivity index (χ0v) is 13.8. The van der Waals surface area contributed by atoms with Crippen molar-refractivity contribution >= 4 is 15.9 Å². The van der Waals surface area contributed by atoms with E-state index in [1.165, 1.54) is 16.7 Å². The van der Waals surface area contributed by atoms with E-state index in [9.17, 15) is 0 Å². The number of ether oxygens (including phenoxy) is 1. The molecule has 4 heteroatoms. The summed E-state index contributed by atoms with van der Waals surface area (Å²) in [5.41, 5.74) is 3.75. The van der Waals surface area contributed by atoms with Gasteiger partial charge in [0.05, 0.1) is 19.1 Å². The Morgan fingerprint density at radius 3 is 3.05 bits per heavy atom. The second-order valence-corrected chi connectivity index (χ2v) is 6.33. The molecule has 1 N–H and O–H groups in total. The Hall–Kier alpha value is -1.26. The number of hydrogen-bond donors (Lipinski definition) is 1. The van der Waals surface area contributed by atoms with Crippen molar-refractivity contribution in [2.24, 2.45) is 0 Å². The zero-order valence-electron chi connectivity index (χ0n) is 12.2. The van der Waals surface area contributed by atoms with Crippen LogP contribution in [-0.2, 0) is 12.8 Å². The number of rotatable bonds is 6. The van der Waals surface area contributed by atoms with Crippen LogP contribution >= 0.6 is 15.9 Å². The van der Waals surface area contributed by atoms with Gasteiger partial charge in [0.2, 0.25) is 0 Å². The summed E-state index contributed by atoms with van der Waals surface area (Å²) in [4.78, 5) is 0. The Morgan fingerprint density at radius 1 is 1.38 bits per heavy atom. The van der Waals surface area contributed by atoms with Crippen LogP contribution in [0.5, 0.6) is 5.75 Å². The highest BCUT2D eigenvalue weighted by atomic mass is 79.9. The number of halogens is 1. The molecule has 2 aromatic rings. The maximum atomic E-state index is 5.84. The lowest BCUT2D eigenvalue weighted by Crippen LogP contribution is -2.23. The Morgan fingerprint density at radius 2 is 2.29 bits per heavy atom. The summed E-state index contributed by atoms with van der Waals surface area (Å²) in [5.74, 6) is 1.07. The molecule has 0 amide bonds. The van der Waals surface area contributed by atoms with Crippen LogP contribution in [0.4, 0.5) is 0 Å². The van der Waals surface area contributed by atoms with Crippen LogP contribution in [-0.4, -0.2) is 13.2 Å². The Balaban J connectivity index is 1.86. The Labute approximate surface area is 133 Å². The molecule has 1 unspecified atom stereocenters. The molecule has 1 aromatic heterocycles. The second-order valence-electron chi connectivity index (χ2n) is 5.42. The highest BCUT2D eigenvalue weighted by Crippen LogP contribution is 2.35. The SMILES string of the molecule is CCCNC(Cc1cc(Br)cc2c1OCC2)c1ccoc1. The summed E-state index contributed by atoms with van der Waals surface area (Å²) < 4.78 is 12.2. The number of nitrogens with one attached hydrogen (secondary N) is 1. The smallest absolute Gasteiger partial charge is 0.125 e. The molecule has 21 heavy (non-hydrogen) atoms. The van der Waals surface area contributed by atoms with Crippen molar-refractivity contribution in [1.29, 1.82) is 0 Å². The first-order valence-electron chi connectivity index (χ1n) is 7.47. The van der Waals surface area contributed by atoms with Gasteiger partial charge in [0.25, 0.3) is 0 Å². The molecule has 1 atom stereocenters. The van der Waals surface area contributed by atoms with Crippen molar-refractivity contribution < 1.29 is 9.15 Å². The molecule has 0 radical (unpaired) electrons. The molecule has 3 rings (SSSR count). The van der Waals surface area contributed by atoms with Gasteiger partial charge in [-0.05, 0) is 48.7 Å². The average molecular weight is 350 g/mol. The summed E-state index contributed by atoms with van der Waals surface area (Å²) >= 11 is 3.61. The maximum Gasteiger partial charge on any atom is 0.125 e. The van der Waals surface area contributed by atoms with E-state index in [0.29, 0.717) is 0 Å². The lowest BCUT2D eigenvalue weighted by atomic mass is 9.98. The van der Waals surface area contributed by atoms with Crippen LogP contribution in [0, 0.1) is 0 Å². The van der Waals surface area contributed by atoms with Gasteiger partial charge in [-0.25, -0.2) is 0 Å². The highest BCUT2D eigenvalue weighted by Gasteiger charge is 2.21. The second kappa shape index (κ2) is 6.67. The third kappa shape index (κ3) is 3.33. The van der Waals surface area contributed by atoms with E-state index >= 15 is 0 Å². The minimum atomic E-state index is 0.256. The molecule has 0 aliphatic carbocycles. The minimum Gasteiger partial charge on any atom is -0.493 e. The summed E-state index contributed by atoms with van der Waals surface area (Å²) in [5, 5.41) is 3.60. The normalized spacial score (nSPS) is 14.8. The van der Waals surface area contributed by atoms with Gasteiger partial charge in [-0.3, -0.25) is 0 Å². The molecule has 0 saturated heterocycles. The zero-order chi connectivity index (χ0) is 14.7. The average Bonchev–Trinajstić information content (AvgIpc) is 3.13. The molecule has 1 aliphatic rings. The van der Waals surface area contributed by atoms with Gasteiger partial charge in [-0.2, -0.15) is 0 Å². The van der Waals surface area contributed by atoms with Gasteiger partial charge in [0.15, 0.2) is 0 Å². The number of furan rings is 1. The van der Waals surface area contributed by atoms with Crippen LogP contribution in [0.15, 0.2) is 39.6 Å². The standard InChI is InChI=1S/C17H20BrNO2/c1-2-5-19-16(13-3-6-20-11-13)10-14-9-15(18)8-12-4-7-21-17(12)14/h3,6,8-9,11,16,19H,2,4-5,7,10H2,1H3. The van der Waals surface area contributed by atoms with Gasteiger partial charge >= 0.3 is 0 Å². The maximum absolute atomic E-state index is 5.84. The van der Waals surface area contributed by atoms with Gasteiger partial charge in [-0.1, -0.05) is 22.9 Å². The molecule has 0 saturated carbocycles. The summed E-state index contributed by atoms with van der Waals surface area (Å²) in [7, 11) is 0. The lowest BCUT2D eigenvalue weighted by molar-refractivity contribution is 0.351. The first-order chi connectivity index (χ1) is 10.3. The van der Waals surface area contributed by atoms with Gasteiger partial charge < -0.3 is 14.5 Å². The van der Waals surface area contributed by atoms with Crippen molar-refractivity contribution in [3.05, 3.63) is 51.9 Å². The van der Waals surface area contributed by atoms with Crippen LogP contribution in [0.2, 0.25) is 0 Å². The van der Waals surface area contributed by atoms with Gasteiger partial charge in [0.1, 0.15) is 5.75 Å². The summed E-state index contributed by atoms with van der Waals surface area (Å²) in [6, 6.07) is 6.63. The van der Waals surface area contributed by atoms with E-state index in [-0.39, 0.29) is 6.04 Å². The Kier molecular flexibility index (Phi) is 4.66.